The van der Waals surface area contributed by atoms with E-state index in [0.29, 0.717) is 6.61 Å². The van der Waals surface area contributed by atoms with Crippen molar-refractivity contribution in [3.63, 3.8) is 0 Å². The van der Waals surface area contributed by atoms with Gasteiger partial charge in [0, 0.05) is 6.66 Å². The van der Waals surface area contributed by atoms with Crippen molar-refractivity contribution in [3.8, 4) is 0 Å². The Balaban J connectivity index is 2.52. The lowest BCUT2D eigenvalue weighted by Crippen LogP contribution is -2.17. The number of hydrogen-bond acceptors (Lipinski definition) is 3. The number of rotatable bonds is 4. The van der Waals surface area contributed by atoms with Gasteiger partial charge >= 0.3 is 7.60 Å². The molecular weight excluding hydrogens is 223 g/mol. The third-order valence-electron chi connectivity index (χ3n) is 1.75. The molecule has 0 spiro atoms. The topological polar surface area (TPSA) is 35.5 Å². The van der Waals surface area contributed by atoms with Gasteiger partial charge < -0.3 is 9.05 Å². The van der Waals surface area contributed by atoms with Crippen LogP contribution in [0.1, 0.15) is 26.3 Å². The summed E-state index contributed by atoms with van der Waals surface area (Å²) >= 11 is 0. The molecule has 90 valence electrons. The van der Waals surface area contributed by atoms with E-state index >= 15 is 0 Å². The van der Waals surface area contributed by atoms with E-state index in [1.54, 1.807) is 0 Å². The van der Waals surface area contributed by atoms with E-state index in [9.17, 15) is 4.57 Å². The van der Waals surface area contributed by atoms with E-state index in [1.165, 1.54) is 6.66 Å². The molecule has 1 unspecified atom stereocenters. The highest BCUT2D eigenvalue weighted by Crippen LogP contribution is 2.48. The Morgan fingerprint density at radius 2 is 1.75 bits per heavy atom. The largest absolute Gasteiger partial charge is 0.328 e. The summed E-state index contributed by atoms with van der Waals surface area (Å²) in [7, 11) is -2.98. The van der Waals surface area contributed by atoms with Gasteiger partial charge in [-0.15, -0.1) is 0 Å². The molecule has 0 aliphatic heterocycles. The highest BCUT2D eigenvalue weighted by atomic mass is 31.2. The van der Waals surface area contributed by atoms with Gasteiger partial charge in [-0.2, -0.15) is 0 Å². The van der Waals surface area contributed by atoms with Crippen molar-refractivity contribution in [2.24, 2.45) is 0 Å². The Bertz CT molecular complexity index is 368. The molecule has 0 fully saturated rings. The van der Waals surface area contributed by atoms with Gasteiger partial charge in [-0.25, -0.2) is 0 Å². The van der Waals surface area contributed by atoms with Crippen LogP contribution in [0, 0.1) is 0 Å². The molecule has 16 heavy (non-hydrogen) atoms. The van der Waals surface area contributed by atoms with E-state index in [1.807, 2.05) is 51.1 Å². The summed E-state index contributed by atoms with van der Waals surface area (Å²) in [5, 5.41) is 0. The maximum Gasteiger partial charge on any atom is 0.328 e. The summed E-state index contributed by atoms with van der Waals surface area (Å²) in [5.74, 6) is 0. The van der Waals surface area contributed by atoms with Crippen LogP contribution in [0.25, 0.3) is 0 Å². The molecule has 1 aromatic rings. The Labute approximate surface area is 97.3 Å². The molecule has 0 saturated carbocycles. The van der Waals surface area contributed by atoms with Gasteiger partial charge in [0.1, 0.15) is 0 Å². The SMILES string of the molecule is CC(C)(C)OP(C)(=O)OCc1ccccc1. The average Bonchev–Trinajstić information content (AvgIpc) is 2.13. The van der Waals surface area contributed by atoms with Gasteiger partial charge in [0.15, 0.2) is 0 Å². The third kappa shape index (κ3) is 5.45. The van der Waals surface area contributed by atoms with E-state index in [-0.39, 0.29) is 0 Å². The van der Waals surface area contributed by atoms with Gasteiger partial charge in [0.05, 0.1) is 12.2 Å². The molecule has 0 aliphatic carbocycles. The highest BCUT2D eigenvalue weighted by Gasteiger charge is 2.25. The molecule has 0 bridgehead atoms. The van der Waals surface area contributed by atoms with E-state index in [2.05, 4.69) is 0 Å². The van der Waals surface area contributed by atoms with Crippen molar-refractivity contribution in [2.45, 2.75) is 33.0 Å². The Hall–Kier alpha value is -0.630. The fourth-order valence-electron chi connectivity index (χ4n) is 1.29. The van der Waals surface area contributed by atoms with Crippen LogP contribution in [0.5, 0.6) is 0 Å². The van der Waals surface area contributed by atoms with E-state index < -0.39 is 13.2 Å². The first-order chi connectivity index (χ1) is 7.29. The molecule has 0 heterocycles. The average molecular weight is 242 g/mol. The molecule has 0 radical (unpaired) electrons. The first kappa shape index (κ1) is 13.4. The molecule has 3 nitrogen and oxygen atoms in total. The second-order valence-electron chi connectivity index (χ2n) is 4.73. The second-order valence-corrected chi connectivity index (χ2v) is 6.72. The maximum atomic E-state index is 12.0. The second kappa shape index (κ2) is 5.13. The van der Waals surface area contributed by atoms with Gasteiger partial charge in [0.2, 0.25) is 0 Å². The molecule has 0 aromatic heterocycles. The summed E-state index contributed by atoms with van der Waals surface area (Å²) in [6.45, 7) is 7.38. The standard InChI is InChI=1S/C12H19O3P/c1-12(2,3)15-16(4,13)14-10-11-8-6-5-7-9-11/h5-9H,10H2,1-4H3. The zero-order valence-corrected chi connectivity index (χ0v) is 11.2. The molecule has 1 rings (SSSR count). The zero-order chi connectivity index (χ0) is 12.2. The lowest BCUT2D eigenvalue weighted by atomic mass is 10.2. The predicted octanol–water partition coefficient (Wildman–Crippen LogP) is 3.84. The summed E-state index contributed by atoms with van der Waals surface area (Å²) < 4.78 is 22.7. The molecule has 0 N–H and O–H groups in total. The molecule has 1 aromatic carbocycles. The van der Waals surface area contributed by atoms with Crippen LogP contribution in [0.3, 0.4) is 0 Å². The minimum Gasteiger partial charge on any atom is -0.304 e. The van der Waals surface area contributed by atoms with Crippen molar-refractivity contribution in [1.29, 1.82) is 0 Å². The normalized spacial score (nSPS) is 15.8. The van der Waals surface area contributed by atoms with Crippen molar-refractivity contribution >= 4 is 7.60 Å². The smallest absolute Gasteiger partial charge is 0.304 e. The molecular formula is C12H19O3P. The van der Waals surface area contributed by atoms with Crippen LogP contribution in [0.4, 0.5) is 0 Å². The van der Waals surface area contributed by atoms with Crippen molar-refractivity contribution in [1.82, 2.24) is 0 Å². The lowest BCUT2D eigenvalue weighted by Gasteiger charge is -2.24. The summed E-state index contributed by atoms with van der Waals surface area (Å²) in [4.78, 5) is 0. The lowest BCUT2D eigenvalue weighted by molar-refractivity contribution is 0.0945. The highest BCUT2D eigenvalue weighted by molar-refractivity contribution is 7.53. The van der Waals surface area contributed by atoms with Gasteiger partial charge in [-0.3, -0.25) is 4.57 Å². The number of hydrogen-bond donors (Lipinski definition) is 0. The molecule has 4 heteroatoms. The predicted molar refractivity (Wildman–Crippen MR) is 65.6 cm³/mol. The van der Waals surface area contributed by atoms with Crippen LogP contribution in [-0.2, 0) is 20.2 Å². The van der Waals surface area contributed by atoms with Crippen molar-refractivity contribution in [2.75, 3.05) is 6.66 Å². The Morgan fingerprint density at radius 3 is 2.25 bits per heavy atom. The fourth-order valence-corrected chi connectivity index (χ4v) is 2.72. The minimum atomic E-state index is -2.98. The monoisotopic (exact) mass is 242 g/mol. The quantitative estimate of drug-likeness (QED) is 0.752. The van der Waals surface area contributed by atoms with Gasteiger partial charge in [-0.1, -0.05) is 30.3 Å². The van der Waals surface area contributed by atoms with Crippen molar-refractivity contribution in [3.05, 3.63) is 35.9 Å². The molecule has 0 amide bonds. The minimum absolute atomic E-state index is 0.310. The summed E-state index contributed by atoms with van der Waals surface area (Å²) in [6.07, 6.45) is 0. The van der Waals surface area contributed by atoms with Crippen molar-refractivity contribution < 1.29 is 13.6 Å². The van der Waals surface area contributed by atoms with Gasteiger partial charge in [0.25, 0.3) is 0 Å². The molecule has 0 saturated heterocycles. The van der Waals surface area contributed by atoms with Gasteiger partial charge in [-0.05, 0) is 26.3 Å². The Morgan fingerprint density at radius 1 is 1.19 bits per heavy atom. The van der Waals surface area contributed by atoms with Crippen LogP contribution in [0.15, 0.2) is 30.3 Å². The van der Waals surface area contributed by atoms with Crippen LogP contribution in [0.2, 0.25) is 0 Å². The van der Waals surface area contributed by atoms with Crippen LogP contribution < -0.4 is 0 Å². The van der Waals surface area contributed by atoms with E-state index in [4.69, 9.17) is 9.05 Å². The maximum absolute atomic E-state index is 12.0. The zero-order valence-electron chi connectivity index (χ0n) is 10.3. The number of benzene rings is 1. The summed E-state index contributed by atoms with van der Waals surface area (Å²) in [5.41, 5.74) is 0.531. The molecule has 0 aliphatic rings. The van der Waals surface area contributed by atoms with E-state index in [0.717, 1.165) is 5.56 Å². The summed E-state index contributed by atoms with van der Waals surface area (Å²) in [6, 6.07) is 9.63. The third-order valence-corrected chi connectivity index (χ3v) is 3.23. The molecule has 1 atom stereocenters. The first-order valence-electron chi connectivity index (χ1n) is 5.25. The van der Waals surface area contributed by atoms with Crippen LogP contribution >= 0.6 is 7.60 Å². The Kier molecular flexibility index (Phi) is 4.31. The fraction of sp³-hybridized carbons (Fsp3) is 0.500. The van der Waals surface area contributed by atoms with Crippen LogP contribution in [-0.4, -0.2) is 12.3 Å². The first-order valence-corrected chi connectivity index (χ1v) is 7.24.